The number of pyridine rings is 1. The van der Waals surface area contributed by atoms with Crippen LogP contribution in [0.2, 0.25) is 5.02 Å². The topological polar surface area (TPSA) is 59.4 Å². The molecule has 38 heavy (non-hydrogen) atoms. The average molecular weight is 538 g/mol. The fourth-order valence-corrected chi connectivity index (χ4v) is 5.26. The standard InChI is InChI=1S/C30H23ClF3NO3/c1-16-11-20(28-23(12-16)27(29(36)37)22-15-21(38-2)8-10-26(22)35-28)13-17-3-5-18(6-4-17)19-7-9-25(31)24(14-19)30(32,33)34/h3-10,13-16H,11-12H2,1-2H3,(H,36,37)/b20-13+. The summed E-state index contributed by atoms with van der Waals surface area (Å²) in [7, 11) is 1.53. The van der Waals surface area contributed by atoms with Gasteiger partial charge in [-0.15, -0.1) is 0 Å². The van der Waals surface area contributed by atoms with Gasteiger partial charge in [-0.25, -0.2) is 9.78 Å². The van der Waals surface area contributed by atoms with Gasteiger partial charge in [-0.3, -0.25) is 0 Å². The number of carbonyl (C=O) groups is 1. The smallest absolute Gasteiger partial charge is 0.417 e. The molecule has 0 bridgehead atoms. The number of fused-ring (bicyclic) bond motifs is 2. The summed E-state index contributed by atoms with van der Waals surface area (Å²) in [6, 6.07) is 16.2. The highest BCUT2D eigenvalue weighted by Gasteiger charge is 2.33. The number of hydrogen-bond acceptors (Lipinski definition) is 3. The van der Waals surface area contributed by atoms with E-state index in [-0.39, 0.29) is 16.5 Å². The normalized spacial score (nSPS) is 16.5. The molecule has 1 aromatic heterocycles. The van der Waals surface area contributed by atoms with E-state index in [1.54, 1.807) is 36.4 Å². The van der Waals surface area contributed by atoms with Crippen molar-refractivity contribution in [2.45, 2.75) is 25.9 Å². The van der Waals surface area contributed by atoms with Crippen LogP contribution in [0.1, 0.15) is 46.1 Å². The van der Waals surface area contributed by atoms with Crippen LogP contribution in [0, 0.1) is 5.92 Å². The second-order valence-electron chi connectivity index (χ2n) is 9.50. The van der Waals surface area contributed by atoms with Gasteiger partial charge in [0.1, 0.15) is 5.75 Å². The minimum atomic E-state index is -4.54. The SMILES string of the molecule is COc1ccc2nc3c(c(C(=O)O)c2c1)CC(C)C/C3=C\c1ccc(-c2ccc(Cl)c(C(F)(F)F)c2)cc1. The maximum absolute atomic E-state index is 13.3. The number of hydrogen-bond donors (Lipinski definition) is 1. The second kappa shape index (κ2) is 9.80. The molecule has 8 heteroatoms. The lowest BCUT2D eigenvalue weighted by Gasteiger charge is -2.26. The number of benzene rings is 3. The van der Waals surface area contributed by atoms with Crippen molar-refractivity contribution in [1.82, 2.24) is 4.98 Å². The maximum Gasteiger partial charge on any atom is 0.417 e. The van der Waals surface area contributed by atoms with Crippen LogP contribution in [0.5, 0.6) is 5.75 Å². The van der Waals surface area contributed by atoms with E-state index in [0.717, 1.165) is 17.2 Å². The number of carboxylic acids is 1. The van der Waals surface area contributed by atoms with Crippen molar-refractivity contribution in [2.24, 2.45) is 5.92 Å². The molecule has 0 amide bonds. The Balaban J connectivity index is 1.57. The van der Waals surface area contributed by atoms with E-state index in [1.807, 2.05) is 18.2 Å². The third kappa shape index (κ3) is 4.86. The molecule has 1 N–H and O–H groups in total. The molecule has 194 valence electrons. The van der Waals surface area contributed by atoms with Gasteiger partial charge in [0.05, 0.1) is 34.5 Å². The van der Waals surface area contributed by atoms with Crippen LogP contribution < -0.4 is 4.74 Å². The van der Waals surface area contributed by atoms with Crippen LogP contribution >= 0.6 is 11.6 Å². The molecule has 0 radical (unpaired) electrons. The van der Waals surface area contributed by atoms with E-state index in [2.05, 4.69) is 6.92 Å². The van der Waals surface area contributed by atoms with E-state index < -0.39 is 17.7 Å². The van der Waals surface area contributed by atoms with E-state index in [9.17, 15) is 23.1 Å². The van der Waals surface area contributed by atoms with Gasteiger partial charge in [0.15, 0.2) is 0 Å². The summed E-state index contributed by atoms with van der Waals surface area (Å²) in [5, 5.41) is 10.3. The van der Waals surface area contributed by atoms with Gasteiger partial charge < -0.3 is 9.84 Å². The molecular formula is C30H23ClF3NO3. The molecule has 0 fully saturated rings. The molecule has 4 nitrogen and oxygen atoms in total. The van der Waals surface area contributed by atoms with Crippen molar-refractivity contribution in [3.63, 3.8) is 0 Å². The number of aromatic carboxylic acids is 1. The molecule has 1 atom stereocenters. The van der Waals surface area contributed by atoms with Crippen molar-refractivity contribution in [3.8, 4) is 16.9 Å². The lowest BCUT2D eigenvalue weighted by molar-refractivity contribution is -0.137. The predicted octanol–water partition coefficient (Wildman–Crippen LogP) is 8.40. The largest absolute Gasteiger partial charge is 0.497 e. The van der Waals surface area contributed by atoms with Crippen molar-refractivity contribution in [1.29, 1.82) is 0 Å². The highest BCUT2D eigenvalue weighted by atomic mass is 35.5. The van der Waals surface area contributed by atoms with Gasteiger partial charge in [-0.2, -0.15) is 13.2 Å². The summed E-state index contributed by atoms with van der Waals surface area (Å²) in [5.41, 5.74) is 4.07. The zero-order valence-electron chi connectivity index (χ0n) is 20.6. The molecule has 0 saturated carbocycles. The molecular weight excluding hydrogens is 515 g/mol. The molecule has 1 aliphatic carbocycles. The molecule has 0 aliphatic heterocycles. The summed E-state index contributed by atoms with van der Waals surface area (Å²) in [6.07, 6.45) is -1.27. The average Bonchev–Trinajstić information content (AvgIpc) is 2.87. The van der Waals surface area contributed by atoms with Gasteiger partial charge in [-0.1, -0.05) is 48.9 Å². The minimum absolute atomic E-state index is 0.200. The number of carboxylic acid groups (broad SMARTS) is 1. The van der Waals surface area contributed by atoms with Crippen LogP contribution in [0.15, 0.2) is 60.7 Å². The summed E-state index contributed by atoms with van der Waals surface area (Å²) in [5.74, 6) is -0.253. The summed E-state index contributed by atoms with van der Waals surface area (Å²) >= 11 is 5.76. The van der Waals surface area contributed by atoms with Crippen LogP contribution in [-0.4, -0.2) is 23.2 Å². The highest BCUT2D eigenvalue weighted by molar-refractivity contribution is 6.31. The zero-order valence-corrected chi connectivity index (χ0v) is 21.3. The Kier molecular flexibility index (Phi) is 6.65. The molecule has 1 heterocycles. The van der Waals surface area contributed by atoms with Crippen LogP contribution in [0.4, 0.5) is 13.2 Å². The zero-order chi connectivity index (χ0) is 27.2. The van der Waals surface area contributed by atoms with Gasteiger partial charge in [0.25, 0.3) is 0 Å². The van der Waals surface area contributed by atoms with E-state index in [4.69, 9.17) is 21.3 Å². The van der Waals surface area contributed by atoms with Gasteiger partial charge in [-0.05, 0) is 83.0 Å². The third-order valence-corrected chi connectivity index (χ3v) is 7.12. The lowest BCUT2D eigenvalue weighted by Crippen LogP contribution is -2.17. The Morgan fingerprint density at radius 2 is 1.76 bits per heavy atom. The number of allylic oxidation sites excluding steroid dienone is 1. The monoisotopic (exact) mass is 537 g/mol. The van der Waals surface area contributed by atoms with Gasteiger partial charge in [0, 0.05) is 5.39 Å². The first-order valence-electron chi connectivity index (χ1n) is 12.0. The molecule has 0 saturated heterocycles. The Hall–Kier alpha value is -3.84. The molecule has 1 aliphatic rings. The first-order valence-corrected chi connectivity index (χ1v) is 12.3. The number of alkyl halides is 3. The number of ether oxygens (including phenoxy) is 1. The predicted molar refractivity (Wildman–Crippen MR) is 143 cm³/mol. The number of methoxy groups -OCH3 is 1. The quantitative estimate of drug-likeness (QED) is 0.284. The highest BCUT2D eigenvalue weighted by Crippen LogP contribution is 2.40. The van der Waals surface area contributed by atoms with Crippen molar-refractivity contribution >= 4 is 40.1 Å². The lowest BCUT2D eigenvalue weighted by atomic mass is 9.80. The van der Waals surface area contributed by atoms with E-state index >= 15 is 0 Å². The fourth-order valence-electron chi connectivity index (χ4n) is 5.03. The van der Waals surface area contributed by atoms with Crippen molar-refractivity contribution < 1.29 is 27.8 Å². The molecule has 3 aromatic carbocycles. The summed E-state index contributed by atoms with van der Waals surface area (Å²) < 4.78 is 45.2. The Morgan fingerprint density at radius 1 is 1.05 bits per heavy atom. The van der Waals surface area contributed by atoms with Crippen molar-refractivity contribution in [2.75, 3.05) is 7.11 Å². The number of halogens is 4. The van der Waals surface area contributed by atoms with Gasteiger partial charge >= 0.3 is 12.1 Å². The maximum atomic E-state index is 13.3. The first-order chi connectivity index (χ1) is 18.0. The summed E-state index contributed by atoms with van der Waals surface area (Å²) in [6.45, 7) is 2.07. The molecule has 5 rings (SSSR count). The van der Waals surface area contributed by atoms with Crippen LogP contribution in [-0.2, 0) is 12.6 Å². The van der Waals surface area contributed by atoms with E-state index in [0.29, 0.717) is 51.9 Å². The van der Waals surface area contributed by atoms with Crippen molar-refractivity contribution in [3.05, 3.63) is 93.6 Å². The molecule has 4 aromatic rings. The minimum Gasteiger partial charge on any atom is -0.497 e. The fraction of sp³-hybridized carbons (Fsp3) is 0.200. The number of nitrogens with zero attached hydrogens (tertiary/aromatic N) is 1. The summed E-state index contributed by atoms with van der Waals surface area (Å²) in [4.78, 5) is 17.2. The van der Waals surface area contributed by atoms with E-state index in [1.165, 1.54) is 13.2 Å². The Labute approximate surface area is 222 Å². The van der Waals surface area contributed by atoms with Gasteiger partial charge in [0.2, 0.25) is 0 Å². The number of aromatic nitrogens is 1. The Morgan fingerprint density at radius 3 is 2.42 bits per heavy atom. The first kappa shape index (κ1) is 25.8. The molecule has 1 unspecified atom stereocenters. The third-order valence-electron chi connectivity index (χ3n) is 6.79. The number of rotatable bonds is 4. The molecule has 0 spiro atoms. The Bertz CT molecular complexity index is 1590. The second-order valence-corrected chi connectivity index (χ2v) is 9.91. The van der Waals surface area contributed by atoms with Crippen LogP contribution in [0.3, 0.4) is 0 Å². The van der Waals surface area contributed by atoms with Crippen LogP contribution in [0.25, 0.3) is 33.7 Å².